The number of amides is 1. The van der Waals surface area contributed by atoms with Gasteiger partial charge in [-0.15, -0.1) is 0 Å². The van der Waals surface area contributed by atoms with Gasteiger partial charge in [0, 0.05) is 25.2 Å². The van der Waals surface area contributed by atoms with Gasteiger partial charge in [0.05, 0.1) is 0 Å². The Morgan fingerprint density at radius 3 is 2.65 bits per heavy atom. The summed E-state index contributed by atoms with van der Waals surface area (Å²) in [7, 11) is 0. The molecule has 3 rings (SSSR count). The highest BCUT2D eigenvalue weighted by Gasteiger charge is 2.22. The summed E-state index contributed by atoms with van der Waals surface area (Å²) in [6, 6.07) is 8.55. The van der Waals surface area contributed by atoms with E-state index in [1.54, 1.807) is 0 Å². The van der Waals surface area contributed by atoms with Crippen molar-refractivity contribution < 1.29 is 4.79 Å². The molecule has 2 heterocycles. The van der Waals surface area contributed by atoms with Crippen LogP contribution in [0.2, 0.25) is 0 Å². The molecule has 1 aromatic rings. The van der Waals surface area contributed by atoms with Gasteiger partial charge in [0.25, 0.3) is 0 Å². The number of anilines is 1. The fraction of sp³-hybridized carbons (Fsp3) is 0.500. The molecule has 2 aliphatic heterocycles. The van der Waals surface area contributed by atoms with Crippen LogP contribution in [0, 0.1) is 0 Å². The summed E-state index contributed by atoms with van der Waals surface area (Å²) in [6.45, 7) is 3.09. The third kappa shape index (κ3) is 2.07. The van der Waals surface area contributed by atoms with Crippen molar-refractivity contribution in [3.63, 3.8) is 0 Å². The Bertz CT molecular complexity index is 407. The molecule has 1 aromatic carbocycles. The van der Waals surface area contributed by atoms with Crippen LogP contribution in [0.15, 0.2) is 24.3 Å². The van der Waals surface area contributed by atoms with Gasteiger partial charge in [-0.25, -0.2) is 0 Å². The molecule has 0 bridgehead atoms. The van der Waals surface area contributed by atoms with Gasteiger partial charge in [-0.3, -0.25) is 4.79 Å². The molecule has 1 N–H and O–H groups in total. The highest BCUT2D eigenvalue weighted by Crippen LogP contribution is 2.26. The second-order valence-corrected chi connectivity index (χ2v) is 4.93. The summed E-state index contributed by atoms with van der Waals surface area (Å²) in [6.07, 6.45) is 2.92. The van der Waals surface area contributed by atoms with Crippen molar-refractivity contribution >= 4 is 11.6 Å². The predicted molar refractivity (Wildman–Crippen MR) is 68.3 cm³/mol. The first-order valence-corrected chi connectivity index (χ1v) is 6.45. The van der Waals surface area contributed by atoms with Crippen molar-refractivity contribution in [3.8, 4) is 0 Å². The minimum atomic E-state index is 0.264. The summed E-state index contributed by atoms with van der Waals surface area (Å²) in [5, 5.41) is 3.38. The summed E-state index contributed by atoms with van der Waals surface area (Å²) >= 11 is 0. The van der Waals surface area contributed by atoms with Crippen LogP contribution >= 0.6 is 0 Å². The first-order chi connectivity index (χ1) is 8.34. The van der Waals surface area contributed by atoms with Crippen molar-refractivity contribution in [2.75, 3.05) is 24.5 Å². The molecule has 1 unspecified atom stereocenters. The maximum atomic E-state index is 11.6. The fourth-order valence-corrected chi connectivity index (χ4v) is 2.79. The number of carbonyl (C=O) groups excluding carboxylic acids is 1. The Labute approximate surface area is 102 Å². The van der Waals surface area contributed by atoms with Crippen LogP contribution in [-0.4, -0.2) is 25.5 Å². The molecule has 3 heteroatoms. The van der Waals surface area contributed by atoms with Crippen LogP contribution in [0.25, 0.3) is 0 Å². The molecular formula is C14H18N2O. The molecule has 1 atom stereocenters. The molecule has 1 amide bonds. The van der Waals surface area contributed by atoms with Crippen molar-refractivity contribution in [2.24, 2.45) is 0 Å². The molecule has 0 radical (unpaired) electrons. The number of hydrogen-bond donors (Lipinski definition) is 1. The van der Waals surface area contributed by atoms with E-state index in [0.29, 0.717) is 12.3 Å². The molecule has 0 aliphatic carbocycles. The summed E-state index contributed by atoms with van der Waals surface area (Å²) in [4.78, 5) is 13.5. The Hall–Kier alpha value is -1.35. The number of nitrogens with one attached hydrogen (secondary N) is 1. The van der Waals surface area contributed by atoms with E-state index < -0.39 is 0 Å². The van der Waals surface area contributed by atoms with E-state index in [-0.39, 0.29) is 5.91 Å². The lowest BCUT2D eigenvalue weighted by atomic mass is 9.98. The number of carbonyl (C=O) groups is 1. The van der Waals surface area contributed by atoms with Crippen LogP contribution in [0.5, 0.6) is 0 Å². The minimum Gasteiger partial charge on any atom is -0.316 e. The maximum Gasteiger partial charge on any atom is 0.227 e. The SMILES string of the molecule is O=C1CCCN1c1ccc(C2CCNC2)cc1. The predicted octanol–water partition coefficient (Wildman–Crippen LogP) is 1.89. The first-order valence-electron chi connectivity index (χ1n) is 6.45. The highest BCUT2D eigenvalue weighted by molar-refractivity contribution is 5.95. The van der Waals surface area contributed by atoms with Crippen molar-refractivity contribution in [3.05, 3.63) is 29.8 Å². The van der Waals surface area contributed by atoms with Crippen LogP contribution < -0.4 is 10.2 Å². The molecule has 17 heavy (non-hydrogen) atoms. The van der Waals surface area contributed by atoms with Gasteiger partial charge in [0.1, 0.15) is 0 Å². The quantitative estimate of drug-likeness (QED) is 0.841. The number of nitrogens with zero attached hydrogens (tertiary/aromatic N) is 1. The van der Waals surface area contributed by atoms with E-state index >= 15 is 0 Å². The van der Waals surface area contributed by atoms with Gasteiger partial charge < -0.3 is 10.2 Å². The minimum absolute atomic E-state index is 0.264. The van der Waals surface area contributed by atoms with E-state index in [9.17, 15) is 4.79 Å². The monoisotopic (exact) mass is 230 g/mol. The lowest BCUT2D eigenvalue weighted by Gasteiger charge is -2.17. The Morgan fingerprint density at radius 2 is 2.06 bits per heavy atom. The Morgan fingerprint density at radius 1 is 1.24 bits per heavy atom. The van der Waals surface area contributed by atoms with Crippen LogP contribution in [0.3, 0.4) is 0 Å². The molecule has 2 aliphatic rings. The molecule has 3 nitrogen and oxygen atoms in total. The second-order valence-electron chi connectivity index (χ2n) is 4.93. The average Bonchev–Trinajstić information content (AvgIpc) is 3.00. The van der Waals surface area contributed by atoms with Crippen molar-refractivity contribution in [1.82, 2.24) is 5.32 Å². The van der Waals surface area contributed by atoms with E-state index in [1.165, 1.54) is 12.0 Å². The van der Waals surface area contributed by atoms with Gasteiger partial charge in [-0.1, -0.05) is 12.1 Å². The van der Waals surface area contributed by atoms with Gasteiger partial charge in [0.15, 0.2) is 0 Å². The van der Waals surface area contributed by atoms with Gasteiger partial charge >= 0.3 is 0 Å². The molecule has 0 aromatic heterocycles. The Balaban J connectivity index is 1.77. The largest absolute Gasteiger partial charge is 0.316 e. The van der Waals surface area contributed by atoms with E-state index in [1.807, 2.05) is 4.90 Å². The zero-order chi connectivity index (χ0) is 11.7. The first kappa shape index (κ1) is 10.8. The van der Waals surface area contributed by atoms with E-state index in [2.05, 4.69) is 29.6 Å². The summed E-state index contributed by atoms with van der Waals surface area (Å²) in [5.74, 6) is 0.915. The highest BCUT2D eigenvalue weighted by atomic mass is 16.2. The summed E-state index contributed by atoms with van der Waals surface area (Å²) < 4.78 is 0. The van der Waals surface area contributed by atoms with Crippen molar-refractivity contribution in [2.45, 2.75) is 25.2 Å². The maximum absolute atomic E-state index is 11.6. The molecule has 0 saturated carbocycles. The van der Waals surface area contributed by atoms with Gasteiger partial charge in [-0.05, 0) is 43.0 Å². The molecular weight excluding hydrogens is 212 g/mol. The second kappa shape index (κ2) is 4.49. The molecule has 2 saturated heterocycles. The smallest absolute Gasteiger partial charge is 0.227 e. The molecule has 90 valence electrons. The zero-order valence-corrected chi connectivity index (χ0v) is 9.98. The zero-order valence-electron chi connectivity index (χ0n) is 9.98. The third-order valence-corrected chi connectivity index (χ3v) is 3.81. The molecule has 0 spiro atoms. The normalized spacial score (nSPS) is 24.6. The summed E-state index contributed by atoms with van der Waals surface area (Å²) in [5.41, 5.74) is 2.45. The lowest BCUT2D eigenvalue weighted by molar-refractivity contribution is -0.117. The lowest BCUT2D eigenvalue weighted by Crippen LogP contribution is -2.23. The molecule has 2 fully saturated rings. The van der Waals surface area contributed by atoms with Gasteiger partial charge in [0.2, 0.25) is 5.91 Å². The van der Waals surface area contributed by atoms with Crippen LogP contribution in [-0.2, 0) is 4.79 Å². The number of hydrogen-bond acceptors (Lipinski definition) is 2. The standard InChI is InChI=1S/C14H18N2O/c17-14-2-1-9-16(14)13-5-3-11(4-6-13)12-7-8-15-10-12/h3-6,12,15H,1-2,7-10H2. The van der Waals surface area contributed by atoms with Crippen LogP contribution in [0.1, 0.15) is 30.7 Å². The Kier molecular flexibility index (Phi) is 2.85. The number of rotatable bonds is 2. The van der Waals surface area contributed by atoms with Crippen molar-refractivity contribution in [1.29, 1.82) is 0 Å². The van der Waals surface area contributed by atoms with E-state index in [4.69, 9.17) is 0 Å². The topological polar surface area (TPSA) is 32.3 Å². The number of benzene rings is 1. The third-order valence-electron chi connectivity index (χ3n) is 3.81. The van der Waals surface area contributed by atoms with Gasteiger partial charge in [-0.2, -0.15) is 0 Å². The van der Waals surface area contributed by atoms with Crippen LogP contribution in [0.4, 0.5) is 5.69 Å². The fourth-order valence-electron chi connectivity index (χ4n) is 2.79. The van der Waals surface area contributed by atoms with E-state index in [0.717, 1.165) is 31.7 Å². The average molecular weight is 230 g/mol.